The summed E-state index contributed by atoms with van der Waals surface area (Å²) in [5.74, 6) is 0.000231. The lowest BCUT2D eigenvalue weighted by Crippen LogP contribution is -2.28. The molecule has 2 rings (SSSR count). The molecule has 0 aliphatic heterocycles. The van der Waals surface area contributed by atoms with Crippen molar-refractivity contribution in [3.63, 3.8) is 0 Å². The van der Waals surface area contributed by atoms with Crippen LogP contribution in [0.4, 0.5) is 5.00 Å². The topological polar surface area (TPSA) is 76.1 Å². The molecule has 100 valence electrons. The van der Waals surface area contributed by atoms with E-state index in [9.17, 15) is 10.1 Å². The Hall–Kier alpha value is -1.80. The minimum Gasteiger partial charge on any atom is -0.501 e. The molecular weight excluding hydrogens is 260 g/mol. The van der Waals surface area contributed by atoms with E-state index < -0.39 is 0 Å². The van der Waals surface area contributed by atoms with Gasteiger partial charge in [0.1, 0.15) is 11.1 Å². The first-order chi connectivity index (χ1) is 8.92. The zero-order valence-corrected chi connectivity index (χ0v) is 12.1. The molecule has 1 aromatic heterocycles. The van der Waals surface area contributed by atoms with Crippen molar-refractivity contribution in [2.75, 3.05) is 12.3 Å². The van der Waals surface area contributed by atoms with E-state index in [2.05, 4.69) is 6.07 Å². The van der Waals surface area contributed by atoms with E-state index in [1.807, 2.05) is 20.8 Å². The van der Waals surface area contributed by atoms with Gasteiger partial charge in [0.15, 0.2) is 5.78 Å². The summed E-state index contributed by atoms with van der Waals surface area (Å²) in [7, 11) is 0. The van der Waals surface area contributed by atoms with Crippen molar-refractivity contribution in [2.24, 2.45) is 0 Å². The average Bonchev–Trinajstić information content (AvgIpc) is 2.66. The van der Waals surface area contributed by atoms with Gasteiger partial charge >= 0.3 is 0 Å². The number of nitriles is 1. The summed E-state index contributed by atoms with van der Waals surface area (Å²) in [6.07, 6.45) is 1.87. The van der Waals surface area contributed by atoms with Gasteiger partial charge in [-0.3, -0.25) is 4.79 Å². The number of Topliss-reactive ketones (excluding diaryl/α,β-unsaturated/α-hetero) is 1. The largest absolute Gasteiger partial charge is 0.501 e. The number of allylic oxidation sites excluding steroid dienone is 1. The molecule has 0 fully saturated rings. The number of fused-ring (bicyclic) bond motifs is 1. The van der Waals surface area contributed by atoms with Gasteiger partial charge in [-0.1, -0.05) is 13.8 Å². The second kappa shape index (κ2) is 4.71. The summed E-state index contributed by atoms with van der Waals surface area (Å²) in [4.78, 5) is 13.3. The molecule has 0 unspecified atom stereocenters. The predicted molar refractivity (Wildman–Crippen MR) is 75.7 cm³/mol. The number of hydrogen-bond donors (Lipinski definition) is 1. The molecule has 0 spiro atoms. The van der Waals surface area contributed by atoms with Crippen LogP contribution in [0.3, 0.4) is 0 Å². The van der Waals surface area contributed by atoms with Gasteiger partial charge in [-0.15, -0.1) is 11.3 Å². The number of thiophene rings is 1. The summed E-state index contributed by atoms with van der Waals surface area (Å²) >= 11 is 1.39. The van der Waals surface area contributed by atoms with Gasteiger partial charge in [0.05, 0.1) is 24.0 Å². The van der Waals surface area contributed by atoms with Crippen molar-refractivity contribution in [3.8, 4) is 6.07 Å². The summed E-state index contributed by atoms with van der Waals surface area (Å²) in [5, 5.41) is 9.73. The Bertz CT molecular complexity index is 606. The molecule has 0 bridgehead atoms. The number of nitrogens with zero attached hydrogens (tertiary/aromatic N) is 1. The summed E-state index contributed by atoms with van der Waals surface area (Å²) in [5.41, 5.74) is 7.15. The van der Waals surface area contributed by atoms with E-state index in [1.54, 1.807) is 0 Å². The molecule has 1 heterocycles. The van der Waals surface area contributed by atoms with Crippen molar-refractivity contribution in [2.45, 2.75) is 32.6 Å². The highest BCUT2D eigenvalue weighted by atomic mass is 32.1. The van der Waals surface area contributed by atoms with Gasteiger partial charge in [-0.05, 0) is 6.92 Å². The maximum absolute atomic E-state index is 12.3. The summed E-state index contributed by atoms with van der Waals surface area (Å²) in [6.45, 7) is 6.33. The van der Waals surface area contributed by atoms with Crippen LogP contribution in [0.1, 0.15) is 43.2 Å². The number of carbonyl (C=O) groups excluding carboxylic acids is 1. The maximum atomic E-state index is 12.3. The molecule has 0 amide bonds. The van der Waals surface area contributed by atoms with Gasteiger partial charge in [0.25, 0.3) is 0 Å². The van der Waals surface area contributed by atoms with Crippen molar-refractivity contribution >= 4 is 27.7 Å². The fraction of sp³-hybridized carbons (Fsp3) is 0.429. The van der Waals surface area contributed by atoms with Crippen LogP contribution in [0, 0.1) is 11.3 Å². The second-order valence-electron chi connectivity index (χ2n) is 5.13. The molecular formula is C14H16N2O2S. The third kappa shape index (κ3) is 2.13. The monoisotopic (exact) mass is 276 g/mol. The van der Waals surface area contributed by atoms with Crippen LogP contribution in [-0.2, 0) is 14.9 Å². The van der Waals surface area contributed by atoms with Crippen LogP contribution in [0.5, 0.6) is 0 Å². The van der Waals surface area contributed by atoms with Crippen molar-refractivity contribution < 1.29 is 9.53 Å². The highest BCUT2D eigenvalue weighted by Crippen LogP contribution is 2.48. The fourth-order valence-corrected chi connectivity index (χ4v) is 3.43. The molecule has 0 atom stereocenters. The summed E-state index contributed by atoms with van der Waals surface area (Å²) in [6, 6.07) is 2.10. The zero-order chi connectivity index (χ0) is 14.2. The summed E-state index contributed by atoms with van der Waals surface area (Å²) < 4.78 is 5.25. The van der Waals surface area contributed by atoms with Gasteiger partial charge in [0.2, 0.25) is 0 Å². The maximum Gasteiger partial charge on any atom is 0.167 e. The van der Waals surface area contributed by atoms with E-state index in [0.717, 1.165) is 4.88 Å². The number of carbonyl (C=O) groups is 1. The third-order valence-corrected chi connectivity index (χ3v) is 4.59. The van der Waals surface area contributed by atoms with E-state index >= 15 is 0 Å². The molecule has 0 saturated heterocycles. The van der Waals surface area contributed by atoms with Crippen LogP contribution >= 0.6 is 11.3 Å². The van der Waals surface area contributed by atoms with Gasteiger partial charge in [0, 0.05) is 22.3 Å². The first-order valence-electron chi connectivity index (χ1n) is 6.10. The molecule has 2 N–H and O–H groups in total. The second-order valence-corrected chi connectivity index (χ2v) is 6.18. The lowest BCUT2D eigenvalue weighted by Gasteiger charge is -2.29. The molecule has 0 saturated carbocycles. The Morgan fingerprint density at radius 2 is 2.26 bits per heavy atom. The highest BCUT2D eigenvalue weighted by Gasteiger charge is 2.39. The zero-order valence-electron chi connectivity index (χ0n) is 11.2. The van der Waals surface area contributed by atoms with E-state index in [4.69, 9.17) is 10.5 Å². The number of hydrogen-bond acceptors (Lipinski definition) is 5. The number of rotatable bonds is 2. The number of nitrogen functional groups attached to an aromatic ring is 1. The molecule has 0 radical (unpaired) electrons. The van der Waals surface area contributed by atoms with E-state index in [0.29, 0.717) is 34.7 Å². The van der Waals surface area contributed by atoms with Crippen LogP contribution < -0.4 is 5.73 Å². The minimum atomic E-state index is -0.288. The lowest BCUT2D eigenvalue weighted by molar-refractivity contribution is -0.115. The third-order valence-electron chi connectivity index (χ3n) is 3.20. The van der Waals surface area contributed by atoms with Crippen molar-refractivity contribution in [1.82, 2.24) is 0 Å². The first kappa shape index (κ1) is 13.6. The molecule has 5 heteroatoms. The molecule has 1 aliphatic carbocycles. The molecule has 19 heavy (non-hydrogen) atoms. The Kier molecular flexibility index (Phi) is 3.38. The highest BCUT2D eigenvalue weighted by molar-refractivity contribution is 7.16. The van der Waals surface area contributed by atoms with Crippen LogP contribution in [0.2, 0.25) is 0 Å². The van der Waals surface area contributed by atoms with E-state index in [1.165, 1.54) is 17.6 Å². The van der Waals surface area contributed by atoms with Crippen LogP contribution in [0.15, 0.2) is 6.26 Å². The van der Waals surface area contributed by atoms with Crippen molar-refractivity contribution in [1.29, 1.82) is 5.26 Å². The smallest absolute Gasteiger partial charge is 0.167 e. The number of nitrogens with two attached hydrogens (primary N) is 1. The Morgan fingerprint density at radius 3 is 2.84 bits per heavy atom. The first-order valence-corrected chi connectivity index (χ1v) is 6.92. The lowest BCUT2D eigenvalue weighted by atomic mass is 9.74. The number of anilines is 1. The van der Waals surface area contributed by atoms with Crippen molar-refractivity contribution in [3.05, 3.63) is 22.3 Å². The van der Waals surface area contributed by atoms with Gasteiger partial charge < -0.3 is 10.5 Å². The number of ether oxygens (including phenoxy) is 1. The van der Waals surface area contributed by atoms with Gasteiger partial charge in [-0.25, -0.2) is 0 Å². The van der Waals surface area contributed by atoms with Crippen LogP contribution in [-0.4, -0.2) is 12.4 Å². The SMILES string of the molecule is CCOC=C1C(=O)CC(C)(C)c2sc(N)c(C#N)c21. The number of ketones is 1. The van der Waals surface area contributed by atoms with Gasteiger partial charge in [-0.2, -0.15) is 5.26 Å². The standard InChI is InChI=1S/C14H16N2O2S/c1-4-18-7-9-10(17)5-14(2,3)12-11(9)8(6-15)13(16)19-12/h7H,4-5,16H2,1-3H3. The van der Waals surface area contributed by atoms with E-state index in [-0.39, 0.29) is 11.2 Å². The van der Waals surface area contributed by atoms with Crippen LogP contribution in [0.25, 0.3) is 5.57 Å². The Labute approximate surface area is 116 Å². The predicted octanol–water partition coefficient (Wildman–Crippen LogP) is 2.83. The Morgan fingerprint density at radius 1 is 1.58 bits per heavy atom. The normalized spacial score (nSPS) is 19.1. The minimum absolute atomic E-state index is 0.000231. The molecule has 0 aromatic carbocycles. The Balaban J connectivity index is 2.71. The molecule has 4 nitrogen and oxygen atoms in total. The molecule has 1 aliphatic rings. The average molecular weight is 276 g/mol. The quantitative estimate of drug-likeness (QED) is 0.665. The molecule has 1 aromatic rings. The fourth-order valence-electron chi connectivity index (χ4n) is 2.30.